The third-order valence-electron chi connectivity index (χ3n) is 3.67. The standard InChI is InChI=1S/C10H20BrN2/c1-10(11)2-6-13-7-3-12(4-8-13)5-9-13/h10H,2-9H2,1H3/q+1. The van der Waals surface area contributed by atoms with Crippen molar-refractivity contribution in [2.75, 3.05) is 45.8 Å². The van der Waals surface area contributed by atoms with Gasteiger partial charge in [-0.15, -0.1) is 0 Å². The summed E-state index contributed by atoms with van der Waals surface area (Å²) >= 11 is 3.65. The topological polar surface area (TPSA) is 3.24 Å². The van der Waals surface area contributed by atoms with Crippen LogP contribution in [0.4, 0.5) is 0 Å². The quantitative estimate of drug-likeness (QED) is 0.537. The van der Waals surface area contributed by atoms with Crippen LogP contribution in [0.5, 0.6) is 0 Å². The predicted molar refractivity (Wildman–Crippen MR) is 59.2 cm³/mol. The van der Waals surface area contributed by atoms with E-state index >= 15 is 0 Å². The van der Waals surface area contributed by atoms with Crippen molar-refractivity contribution < 1.29 is 4.48 Å². The predicted octanol–water partition coefficient (Wildman–Crippen LogP) is 1.31. The fraction of sp³-hybridized carbons (Fsp3) is 1.00. The van der Waals surface area contributed by atoms with Crippen LogP contribution >= 0.6 is 15.9 Å². The number of fused-ring (bicyclic) bond motifs is 3. The first kappa shape index (κ1) is 9.94. The van der Waals surface area contributed by atoms with E-state index in [9.17, 15) is 0 Å². The average molecular weight is 248 g/mol. The first-order valence-corrected chi connectivity index (χ1v) is 6.33. The third kappa shape index (κ3) is 2.25. The number of nitrogens with zero attached hydrogens (tertiary/aromatic N) is 2. The molecule has 0 N–H and O–H groups in total. The van der Waals surface area contributed by atoms with Gasteiger partial charge in [-0.05, 0) is 0 Å². The maximum absolute atomic E-state index is 3.65. The molecule has 3 heteroatoms. The minimum absolute atomic E-state index is 0.694. The number of halogens is 1. The van der Waals surface area contributed by atoms with Crippen molar-refractivity contribution in [1.29, 1.82) is 0 Å². The molecule has 3 aliphatic rings. The monoisotopic (exact) mass is 247 g/mol. The molecule has 3 fully saturated rings. The lowest BCUT2D eigenvalue weighted by Gasteiger charge is -2.50. The van der Waals surface area contributed by atoms with E-state index in [0.717, 1.165) is 0 Å². The molecule has 2 bridgehead atoms. The van der Waals surface area contributed by atoms with Crippen LogP contribution in [0.2, 0.25) is 0 Å². The normalized spacial score (nSPS) is 40.6. The number of alkyl halides is 1. The number of hydrogen-bond acceptors (Lipinski definition) is 1. The number of piperazine rings is 3. The van der Waals surface area contributed by atoms with Gasteiger partial charge in [-0.2, -0.15) is 0 Å². The molecule has 1 unspecified atom stereocenters. The third-order valence-corrected chi connectivity index (χ3v) is 4.13. The molecule has 2 nitrogen and oxygen atoms in total. The molecule has 0 radical (unpaired) electrons. The van der Waals surface area contributed by atoms with E-state index < -0.39 is 0 Å². The Kier molecular flexibility index (Phi) is 2.96. The van der Waals surface area contributed by atoms with Crippen LogP contribution in [-0.4, -0.2) is 60.0 Å². The second-order valence-electron chi connectivity index (χ2n) is 4.65. The summed E-state index contributed by atoms with van der Waals surface area (Å²) in [6, 6.07) is 0. The van der Waals surface area contributed by atoms with Gasteiger partial charge in [-0.3, -0.25) is 4.90 Å². The molecule has 0 spiro atoms. The molecule has 0 aromatic heterocycles. The fourth-order valence-electron chi connectivity index (χ4n) is 2.52. The van der Waals surface area contributed by atoms with Crippen molar-refractivity contribution in [1.82, 2.24) is 4.90 Å². The lowest BCUT2D eigenvalue weighted by atomic mass is 10.1. The van der Waals surface area contributed by atoms with Crippen LogP contribution in [0.1, 0.15) is 13.3 Å². The lowest BCUT2D eigenvalue weighted by Crippen LogP contribution is -2.67. The van der Waals surface area contributed by atoms with Gasteiger partial charge < -0.3 is 4.48 Å². The molecule has 0 aromatic rings. The molecular formula is C10H20BrN2+. The van der Waals surface area contributed by atoms with Crippen molar-refractivity contribution >= 4 is 15.9 Å². The van der Waals surface area contributed by atoms with E-state index in [2.05, 4.69) is 27.8 Å². The van der Waals surface area contributed by atoms with Crippen molar-refractivity contribution in [3.63, 3.8) is 0 Å². The van der Waals surface area contributed by atoms with Gasteiger partial charge in [0.05, 0.1) is 26.2 Å². The Labute approximate surface area is 89.6 Å². The molecule has 0 saturated carbocycles. The van der Waals surface area contributed by atoms with Gasteiger partial charge in [0.15, 0.2) is 0 Å². The molecular weight excluding hydrogens is 228 g/mol. The Morgan fingerprint density at radius 2 is 1.77 bits per heavy atom. The smallest absolute Gasteiger partial charge is 0.0916 e. The van der Waals surface area contributed by atoms with Gasteiger partial charge >= 0.3 is 0 Å². The van der Waals surface area contributed by atoms with Gasteiger partial charge in [0, 0.05) is 30.9 Å². The SMILES string of the molecule is CC(Br)CC[N+]12CCN(CC1)CC2. The number of hydrogen-bond donors (Lipinski definition) is 0. The van der Waals surface area contributed by atoms with Crippen molar-refractivity contribution in [3.05, 3.63) is 0 Å². The van der Waals surface area contributed by atoms with Crippen LogP contribution < -0.4 is 0 Å². The van der Waals surface area contributed by atoms with Crippen molar-refractivity contribution in [3.8, 4) is 0 Å². The fourth-order valence-corrected chi connectivity index (χ4v) is 2.72. The van der Waals surface area contributed by atoms with Gasteiger partial charge in [0.25, 0.3) is 0 Å². The number of rotatable bonds is 3. The van der Waals surface area contributed by atoms with Crippen LogP contribution in [-0.2, 0) is 0 Å². The van der Waals surface area contributed by atoms with E-state index in [4.69, 9.17) is 0 Å². The van der Waals surface area contributed by atoms with Gasteiger partial charge in [-0.1, -0.05) is 22.9 Å². The molecule has 3 heterocycles. The van der Waals surface area contributed by atoms with Crippen molar-refractivity contribution in [2.24, 2.45) is 0 Å². The Bertz CT molecular complexity index is 160. The van der Waals surface area contributed by atoms with Crippen LogP contribution in [0, 0.1) is 0 Å². The zero-order chi connectivity index (χ0) is 9.31. The Morgan fingerprint density at radius 1 is 1.23 bits per heavy atom. The van der Waals surface area contributed by atoms with E-state index in [-0.39, 0.29) is 0 Å². The zero-order valence-electron chi connectivity index (χ0n) is 8.51. The summed E-state index contributed by atoms with van der Waals surface area (Å²) in [6.07, 6.45) is 1.33. The van der Waals surface area contributed by atoms with Gasteiger partial charge in [0.1, 0.15) is 0 Å². The maximum atomic E-state index is 3.65. The van der Waals surface area contributed by atoms with E-state index in [1.807, 2.05) is 0 Å². The second kappa shape index (κ2) is 3.87. The highest BCUT2D eigenvalue weighted by atomic mass is 79.9. The van der Waals surface area contributed by atoms with Crippen LogP contribution in [0.25, 0.3) is 0 Å². The lowest BCUT2D eigenvalue weighted by molar-refractivity contribution is -0.941. The first-order chi connectivity index (χ1) is 6.20. The summed E-state index contributed by atoms with van der Waals surface area (Å²) in [4.78, 5) is 3.30. The average Bonchev–Trinajstić information content (AvgIpc) is 2.18. The minimum Gasteiger partial charge on any atom is -0.320 e. The molecule has 13 heavy (non-hydrogen) atoms. The highest BCUT2D eigenvalue weighted by Crippen LogP contribution is 2.21. The summed E-state index contributed by atoms with van der Waals surface area (Å²) < 4.78 is 1.41. The number of quaternary nitrogens is 1. The molecule has 3 rings (SSSR count). The minimum atomic E-state index is 0.694. The van der Waals surface area contributed by atoms with E-state index in [1.54, 1.807) is 0 Å². The van der Waals surface area contributed by atoms with Crippen LogP contribution in [0.3, 0.4) is 0 Å². The van der Waals surface area contributed by atoms with Gasteiger partial charge in [-0.25, -0.2) is 0 Å². The Morgan fingerprint density at radius 3 is 2.23 bits per heavy atom. The molecule has 76 valence electrons. The summed E-state index contributed by atoms with van der Waals surface area (Å²) in [6.45, 7) is 11.9. The van der Waals surface area contributed by atoms with E-state index in [0.29, 0.717) is 4.83 Å². The molecule has 3 aliphatic heterocycles. The Balaban J connectivity index is 1.87. The zero-order valence-corrected chi connectivity index (χ0v) is 10.1. The van der Waals surface area contributed by atoms with Crippen LogP contribution in [0.15, 0.2) is 0 Å². The largest absolute Gasteiger partial charge is 0.320 e. The van der Waals surface area contributed by atoms with E-state index in [1.165, 1.54) is 56.7 Å². The second-order valence-corrected chi connectivity index (χ2v) is 6.21. The molecule has 0 amide bonds. The molecule has 1 atom stereocenters. The summed E-state index contributed by atoms with van der Waals surface area (Å²) in [5.74, 6) is 0. The summed E-state index contributed by atoms with van der Waals surface area (Å²) in [5, 5.41) is 0. The van der Waals surface area contributed by atoms with Gasteiger partial charge in [0.2, 0.25) is 0 Å². The molecule has 0 aliphatic carbocycles. The van der Waals surface area contributed by atoms with Crippen molar-refractivity contribution in [2.45, 2.75) is 18.2 Å². The highest BCUT2D eigenvalue weighted by molar-refractivity contribution is 9.09. The maximum Gasteiger partial charge on any atom is 0.0916 e. The summed E-state index contributed by atoms with van der Waals surface area (Å²) in [5.41, 5.74) is 0. The molecule has 0 aromatic carbocycles. The Hall–Kier alpha value is 0.400. The summed E-state index contributed by atoms with van der Waals surface area (Å²) in [7, 11) is 0. The highest BCUT2D eigenvalue weighted by Gasteiger charge is 2.37. The first-order valence-electron chi connectivity index (χ1n) is 5.42. The molecule has 3 saturated heterocycles.